The lowest BCUT2D eigenvalue weighted by atomic mass is 9.96. The van der Waals surface area contributed by atoms with E-state index in [4.69, 9.17) is 5.73 Å². The lowest BCUT2D eigenvalue weighted by molar-refractivity contribution is -0.123. The van der Waals surface area contributed by atoms with Gasteiger partial charge in [-0.05, 0) is 6.42 Å². The van der Waals surface area contributed by atoms with Crippen LogP contribution in [0.4, 0.5) is 0 Å². The van der Waals surface area contributed by atoms with Gasteiger partial charge in [0.25, 0.3) is 0 Å². The second kappa shape index (κ2) is 3.42. The zero-order valence-electron chi connectivity index (χ0n) is 8.10. The van der Waals surface area contributed by atoms with Gasteiger partial charge in [-0.1, -0.05) is 0 Å². The number of aromatic nitrogens is 2. The fourth-order valence-electron chi connectivity index (χ4n) is 1.78. The largest absolute Gasteiger partial charge is 0.346 e. The molecule has 1 saturated heterocycles. The molecule has 1 aliphatic heterocycles. The third-order valence-electron chi connectivity index (χ3n) is 2.62. The Bertz CT molecular complexity index is 346. The number of piperidine rings is 1. The first kappa shape index (κ1) is 9.21. The van der Waals surface area contributed by atoms with E-state index < -0.39 is 0 Å². The summed E-state index contributed by atoms with van der Waals surface area (Å²) in [6.07, 6.45) is 4.72. The van der Waals surface area contributed by atoms with E-state index in [-0.39, 0.29) is 18.0 Å². The predicted molar refractivity (Wildman–Crippen MR) is 51.3 cm³/mol. The summed E-state index contributed by atoms with van der Waals surface area (Å²) in [4.78, 5) is 15.2. The Morgan fingerprint density at radius 2 is 2.50 bits per heavy atom. The van der Waals surface area contributed by atoms with Gasteiger partial charge in [-0.2, -0.15) is 0 Å². The first-order chi connectivity index (χ1) is 6.68. The van der Waals surface area contributed by atoms with Gasteiger partial charge in [0, 0.05) is 19.5 Å². The number of nitrogens with zero attached hydrogens (tertiary/aromatic N) is 2. The smallest absolute Gasteiger partial charge is 0.220 e. The van der Waals surface area contributed by atoms with Crippen LogP contribution in [0.25, 0.3) is 0 Å². The van der Waals surface area contributed by atoms with E-state index in [9.17, 15) is 4.79 Å². The van der Waals surface area contributed by atoms with Gasteiger partial charge in [-0.3, -0.25) is 4.79 Å². The van der Waals surface area contributed by atoms with E-state index in [1.807, 2.05) is 11.6 Å². The maximum atomic E-state index is 11.2. The molecule has 2 rings (SSSR count). The Hall–Kier alpha value is -1.36. The van der Waals surface area contributed by atoms with E-state index in [0.717, 1.165) is 12.1 Å². The second-order valence-corrected chi connectivity index (χ2v) is 3.68. The number of amides is 1. The van der Waals surface area contributed by atoms with Crippen LogP contribution in [0.1, 0.15) is 24.6 Å². The molecule has 0 radical (unpaired) electrons. The zero-order chi connectivity index (χ0) is 10.1. The van der Waals surface area contributed by atoms with Crippen LogP contribution in [0.3, 0.4) is 0 Å². The highest BCUT2D eigenvalue weighted by atomic mass is 16.1. The van der Waals surface area contributed by atoms with Gasteiger partial charge in [-0.15, -0.1) is 0 Å². The number of nitrogens with one attached hydrogen (secondary N) is 1. The molecule has 1 fully saturated rings. The van der Waals surface area contributed by atoms with Crippen molar-refractivity contribution in [3.63, 3.8) is 0 Å². The number of aryl methyl sites for hydroxylation is 1. The SMILES string of the molecule is Cn1cncc1[C@@H]1NC(=O)CC[C@@H]1N. The highest BCUT2D eigenvalue weighted by Gasteiger charge is 2.28. The lowest BCUT2D eigenvalue weighted by Crippen LogP contribution is -2.46. The van der Waals surface area contributed by atoms with Crippen LogP contribution in [-0.4, -0.2) is 21.5 Å². The van der Waals surface area contributed by atoms with Crippen LogP contribution >= 0.6 is 0 Å². The zero-order valence-corrected chi connectivity index (χ0v) is 8.10. The van der Waals surface area contributed by atoms with E-state index >= 15 is 0 Å². The Morgan fingerprint density at radius 3 is 3.14 bits per heavy atom. The molecule has 5 nitrogen and oxygen atoms in total. The second-order valence-electron chi connectivity index (χ2n) is 3.68. The minimum Gasteiger partial charge on any atom is -0.346 e. The van der Waals surface area contributed by atoms with E-state index in [1.54, 1.807) is 12.5 Å². The number of carbonyl (C=O) groups is 1. The van der Waals surface area contributed by atoms with Crippen molar-refractivity contribution < 1.29 is 4.79 Å². The summed E-state index contributed by atoms with van der Waals surface area (Å²) < 4.78 is 1.89. The molecule has 2 heterocycles. The van der Waals surface area contributed by atoms with Crippen LogP contribution in [0.15, 0.2) is 12.5 Å². The third kappa shape index (κ3) is 1.50. The van der Waals surface area contributed by atoms with Crippen molar-refractivity contribution in [2.45, 2.75) is 24.9 Å². The molecule has 0 bridgehead atoms. The summed E-state index contributed by atoms with van der Waals surface area (Å²) in [5, 5.41) is 2.88. The molecule has 0 aliphatic carbocycles. The molecule has 0 aromatic carbocycles. The molecule has 3 N–H and O–H groups in total. The van der Waals surface area contributed by atoms with Gasteiger partial charge < -0.3 is 15.6 Å². The first-order valence-corrected chi connectivity index (χ1v) is 4.69. The normalized spacial score (nSPS) is 27.4. The summed E-state index contributed by atoms with van der Waals surface area (Å²) in [6.45, 7) is 0. The van der Waals surface area contributed by atoms with Crippen molar-refractivity contribution in [1.29, 1.82) is 0 Å². The molecule has 2 atom stereocenters. The summed E-state index contributed by atoms with van der Waals surface area (Å²) in [6, 6.07) is -0.105. The average Bonchev–Trinajstić information content (AvgIpc) is 2.56. The molecule has 14 heavy (non-hydrogen) atoms. The van der Waals surface area contributed by atoms with Crippen LogP contribution in [0.5, 0.6) is 0 Å². The van der Waals surface area contributed by atoms with Crippen molar-refractivity contribution in [3.05, 3.63) is 18.2 Å². The monoisotopic (exact) mass is 194 g/mol. The van der Waals surface area contributed by atoms with Gasteiger partial charge in [0.2, 0.25) is 5.91 Å². The maximum Gasteiger partial charge on any atom is 0.220 e. The van der Waals surface area contributed by atoms with Crippen LogP contribution < -0.4 is 11.1 Å². The maximum absolute atomic E-state index is 11.2. The van der Waals surface area contributed by atoms with Gasteiger partial charge in [-0.25, -0.2) is 4.98 Å². The van der Waals surface area contributed by atoms with E-state index in [2.05, 4.69) is 10.3 Å². The Morgan fingerprint density at radius 1 is 1.71 bits per heavy atom. The number of carbonyl (C=O) groups excluding carboxylic acids is 1. The number of hydrogen-bond donors (Lipinski definition) is 2. The quantitative estimate of drug-likeness (QED) is 0.644. The minimum atomic E-state index is -0.0938. The van der Waals surface area contributed by atoms with Crippen LogP contribution in [-0.2, 0) is 11.8 Å². The van der Waals surface area contributed by atoms with Crippen molar-refractivity contribution >= 4 is 5.91 Å². The molecule has 76 valence electrons. The highest BCUT2D eigenvalue weighted by molar-refractivity contribution is 5.77. The number of imidazole rings is 1. The molecule has 1 aromatic heterocycles. The Labute approximate surface area is 82.3 Å². The summed E-state index contributed by atoms with van der Waals surface area (Å²) in [5.74, 6) is 0.0675. The average molecular weight is 194 g/mol. The number of hydrogen-bond acceptors (Lipinski definition) is 3. The molecule has 1 aromatic rings. The number of rotatable bonds is 1. The molecule has 0 spiro atoms. The Balaban J connectivity index is 2.24. The fraction of sp³-hybridized carbons (Fsp3) is 0.556. The molecule has 1 amide bonds. The topological polar surface area (TPSA) is 72.9 Å². The summed E-state index contributed by atoms with van der Waals surface area (Å²) in [7, 11) is 1.90. The highest BCUT2D eigenvalue weighted by Crippen LogP contribution is 2.21. The van der Waals surface area contributed by atoms with E-state index in [0.29, 0.717) is 6.42 Å². The Kier molecular flexibility index (Phi) is 2.25. The van der Waals surface area contributed by atoms with E-state index in [1.165, 1.54) is 0 Å². The van der Waals surface area contributed by atoms with Gasteiger partial charge in [0.15, 0.2) is 0 Å². The summed E-state index contributed by atoms with van der Waals surface area (Å²) in [5.41, 5.74) is 6.91. The van der Waals surface area contributed by atoms with Gasteiger partial charge in [0.05, 0.1) is 24.3 Å². The molecule has 0 saturated carbocycles. The molecule has 0 unspecified atom stereocenters. The standard InChI is InChI=1S/C9H14N4O/c1-13-5-11-4-7(13)9-6(10)2-3-8(14)12-9/h4-6,9H,2-3,10H2,1H3,(H,12,14)/t6-,9+/m0/s1. The van der Waals surface area contributed by atoms with Crippen LogP contribution in [0, 0.1) is 0 Å². The van der Waals surface area contributed by atoms with Crippen LogP contribution in [0.2, 0.25) is 0 Å². The van der Waals surface area contributed by atoms with Crippen molar-refractivity contribution in [3.8, 4) is 0 Å². The van der Waals surface area contributed by atoms with Gasteiger partial charge in [0.1, 0.15) is 0 Å². The third-order valence-corrected chi connectivity index (χ3v) is 2.62. The molecule has 5 heteroatoms. The fourth-order valence-corrected chi connectivity index (χ4v) is 1.78. The van der Waals surface area contributed by atoms with Crippen molar-refractivity contribution in [2.75, 3.05) is 0 Å². The minimum absolute atomic E-state index is 0.0110. The van der Waals surface area contributed by atoms with Crippen molar-refractivity contribution in [2.24, 2.45) is 12.8 Å². The van der Waals surface area contributed by atoms with Crippen molar-refractivity contribution in [1.82, 2.24) is 14.9 Å². The molecule has 1 aliphatic rings. The lowest BCUT2D eigenvalue weighted by Gasteiger charge is -2.29. The number of nitrogens with two attached hydrogens (primary N) is 1. The first-order valence-electron chi connectivity index (χ1n) is 4.69. The molecular formula is C9H14N4O. The van der Waals surface area contributed by atoms with Gasteiger partial charge >= 0.3 is 0 Å². The molecular weight excluding hydrogens is 180 g/mol. The predicted octanol–water partition coefficient (Wildman–Crippen LogP) is -0.302. The summed E-state index contributed by atoms with van der Waals surface area (Å²) >= 11 is 0.